The molecule has 0 aliphatic rings. The van der Waals surface area contributed by atoms with Crippen LogP contribution in [0.25, 0.3) is 0 Å². The molecule has 0 amide bonds. The molecule has 36 valence electrons. The highest BCUT2D eigenvalue weighted by atomic mass is 32.1. The number of rotatable bonds is 1. The van der Waals surface area contributed by atoms with Crippen molar-refractivity contribution >= 4 is 12.6 Å². The number of hydrogen-bond donors (Lipinski definition) is 1. The molecule has 0 nitrogen and oxygen atoms in total. The first kappa shape index (κ1) is 6.09. The zero-order valence-electron chi connectivity index (χ0n) is 4.23. The molecule has 0 N–H and O–H groups in total. The lowest BCUT2D eigenvalue weighted by atomic mass is 10.4. The molecule has 0 saturated heterocycles. The van der Waals surface area contributed by atoms with Gasteiger partial charge in [-0.2, -0.15) is 0 Å². The smallest absolute Gasteiger partial charge is 0.0230 e. The molecule has 0 aliphatic carbocycles. The Hall–Kier alpha value is 0.0900. The van der Waals surface area contributed by atoms with Crippen molar-refractivity contribution in [2.24, 2.45) is 0 Å². The van der Waals surface area contributed by atoms with Crippen molar-refractivity contribution in [1.29, 1.82) is 0 Å². The van der Waals surface area contributed by atoms with Crippen LogP contribution in [0, 0.1) is 0 Å². The summed E-state index contributed by atoms with van der Waals surface area (Å²) < 4.78 is 0. The van der Waals surface area contributed by atoms with E-state index in [0.29, 0.717) is 0 Å². The summed E-state index contributed by atoms with van der Waals surface area (Å²) in [4.78, 5) is 1.16. The summed E-state index contributed by atoms with van der Waals surface area (Å²) in [6.07, 6.45) is 3.06. The third-order valence-corrected chi connectivity index (χ3v) is 1.27. The van der Waals surface area contributed by atoms with E-state index in [4.69, 9.17) is 0 Å². The molecule has 0 aromatic heterocycles. The highest BCUT2D eigenvalue weighted by Gasteiger charge is 1.74. The standard InChI is InChI=1S/C5H10S/c1-3-5(6)4-2/h3,6H,4H2,1-2H3/b5-3-. The zero-order chi connectivity index (χ0) is 4.99. The predicted molar refractivity (Wildman–Crippen MR) is 33.0 cm³/mol. The van der Waals surface area contributed by atoms with Crippen LogP contribution in [0.4, 0.5) is 0 Å². The van der Waals surface area contributed by atoms with Crippen molar-refractivity contribution in [3.05, 3.63) is 11.0 Å². The highest BCUT2D eigenvalue weighted by Crippen LogP contribution is 2.02. The van der Waals surface area contributed by atoms with E-state index in [0.717, 1.165) is 11.3 Å². The van der Waals surface area contributed by atoms with Gasteiger partial charge in [0.15, 0.2) is 0 Å². The van der Waals surface area contributed by atoms with Crippen molar-refractivity contribution < 1.29 is 0 Å². The van der Waals surface area contributed by atoms with E-state index in [1.54, 1.807) is 0 Å². The van der Waals surface area contributed by atoms with Crippen molar-refractivity contribution in [1.82, 2.24) is 0 Å². The molecule has 0 spiro atoms. The van der Waals surface area contributed by atoms with Gasteiger partial charge in [0.2, 0.25) is 0 Å². The third-order valence-electron chi connectivity index (χ3n) is 0.695. The van der Waals surface area contributed by atoms with E-state index < -0.39 is 0 Å². The summed E-state index contributed by atoms with van der Waals surface area (Å²) >= 11 is 4.09. The largest absolute Gasteiger partial charge is 0.148 e. The van der Waals surface area contributed by atoms with E-state index in [1.165, 1.54) is 0 Å². The first-order valence-corrected chi connectivity index (χ1v) is 2.60. The predicted octanol–water partition coefficient (Wildman–Crippen LogP) is 2.23. The summed E-state index contributed by atoms with van der Waals surface area (Å²) in [6.45, 7) is 4.08. The first-order valence-electron chi connectivity index (χ1n) is 2.15. The Kier molecular flexibility index (Phi) is 3.34. The molecule has 0 rings (SSSR count). The summed E-state index contributed by atoms with van der Waals surface area (Å²) in [7, 11) is 0. The van der Waals surface area contributed by atoms with E-state index in [2.05, 4.69) is 19.6 Å². The Labute approximate surface area is 44.7 Å². The second-order valence-electron chi connectivity index (χ2n) is 1.13. The maximum Gasteiger partial charge on any atom is -0.0230 e. The lowest BCUT2D eigenvalue weighted by molar-refractivity contribution is 1.20. The van der Waals surface area contributed by atoms with E-state index in [1.807, 2.05) is 13.0 Å². The van der Waals surface area contributed by atoms with Gasteiger partial charge >= 0.3 is 0 Å². The monoisotopic (exact) mass is 102 g/mol. The summed E-state index contributed by atoms with van der Waals surface area (Å²) in [5.41, 5.74) is 0. The fourth-order valence-corrected chi connectivity index (χ4v) is 0.204. The van der Waals surface area contributed by atoms with E-state index in [9.17, 15) is 0 Å². The van der Waals surface area contributed by atoms with E-state index >= 15 is 0 Å². The van der Waals surface area contributed by atoms with Gasteiger partial charge in [-0.15, -0.1) is 12.6 Å². The second kappa shape index (κ2) is 3.29. The zero-order valence-corrected chi connectivity index (χ0v) is 5.13. The van der Waals surface area contributed by atoms with Gasteiger partial charge in [-0.1, -0.05) is 13.0 Å². The summed E-state index contributed by atoms with van der Waals surface area (Å²) in [5.74, 6) is 0. The van der Waals surface area contributed by atoms with Crippen LogP contribution < -0.4 is 0 Å². The Morgan fingerprint density at radius 2 is 2.33 bits per heavy atom. The first-order chi connectivity index (χ1) is 2.81. The minimum absolute atomic E-state index is 1.06. The van der Waals surface area contributed by atoms with Crippen molar-refractivity contribution in [3.8, 4) is 0 Å². The van der Waals surface area contributed by atoms with E-state index in [-0.39, 0.29) is 0 Å². The van der Waals surface area contributed by atoms with Crippen LogP contribution in [-0.2, 0) is 0 Å². The molecule has 0 fully saturated rings. The van der Waals surface area contributed by atoms with Gasteiger partial charge in [-0.3, -0.25) is 0 Å². The average molecular weight is 102 g/mol. The quantitative estimate of drug-likeness (QED) is 0.482. The molecule has 0 bridgehead atoms. The molecule has 0 aromatic rings. The van der Waals surface area contributed by atoms with Crippen LogP contribution in [0.1, 0.15) is 20.3 Å². The van der Waals surface area contributed by atoms with Crippen LogP contribution >= 0.6 is 12.6 Å². The molecule has 0 atom stereocenters. The van der Waals surface area contributed by atoms with Gasteiger partial charge in [0.25, 0.3) is 0 Å². The van der Waals surface area contributed by atoms with Crippen molar-refractivity contribution in [2.75, 3.05) is 0 Å². The molecule has 0 aliphatic heterocycles. The Balaban J connectivity index is 3.22. The summed E-state index contributed by atoms with van der Waals surface area (Å²) in [5, 5.41) is 0. The van der Waals surface area contributed by atoms with Gasteiger partial charge in [0.05, 0.1) is 0 Å². The average Bonchev–Trinajstić information content (AvgIpc) is 1.65. The van der Waals surface area contributed by atoms with Crippen LogP contribution in [0.2, 0.25) is 0 Å². The lowest BCUT2D eigenvalue weighted by Gasteiger charge is -1.83. The molecule has 0 saturated carbocycles. The fourth-order valence-electron chi connectivity index (χ4n) is 0.204. The normalized spacial score (nSPS) is 12.2. The topological polar surface area (TPSA) is 0 Å². The molecular formula is C5H10S. The maximum atomic E-state index is 4.09. The molecule has 0 unspecified atom stereocenters. The molecule has 0 aromatic carbocycles. The van der Waals surface area contributed by atoms with Gasteiger partial charge in [-0.25, -0.2) is 0 Å². The van der Waals surface area contributed by atoms with Gasteiger partial charge in [-0.05, 0) is 18.2 Å². The van der Waals surface area contributed by atoms with Crippen LogP contribution in [-0.4, -0.2) is 0 Å². The molecule has 1 heteroatoms. The number of thiol groups is 1. The number of hydrogen-bond acceptors (Lipinski definition) is 1. The molecule has 0 radical (unpaired) electrons. The second-order valence-corrected chi connectivity index (χ2v) is 1.71. The third kappa shape index (κ3) is 2.33. The van der Waals surface area contributed by atoms with Gasteiger partial charge in [0.1, 0.15) is 0 Å². The van der Waals surface area contributed by atoms with Crippen molar-refractivity contribution in [2.45, 2.75) is 20.3 Å². The Morgan fingerprint density at radius 3 is 2.33 bits per heavy atom. The van der Waals surface area contributed by atoms with Crippen LogP contribution in [0.15, 0.2) is 11.0 Å². The van der Waals surface area contributed by atoms with Crippen LogP contribution in [0.5, 0.6) is 0 Å². The van der Waals surface area contributed by atoms with Crippen molar-refractivity contribution in [3.63, 3.8) is 0 Å². The molecule has 6 heavy (non-hydrogen) atoms. The molecule has 0 heterocycles. The fraction of sp³-hybridized carbons (Fsp3) is 0.600. The van der Waals surface area contributed by atoms with Gasteiger partial charge < -0.3 is 0 Å². The van der Waals surface area contributed by atoms with Gasteiger partial charge in [0, 0.05) is 0 Å². The lowest BCUT2D eigenvalue weighted by Crippen LogP contribution is -1.59. The SMILES string of the molecule is C/C=C(\S)CC. The minimum atomic E-state index is 1.06. The maximum absolute atomic E-state index is 4.09. The minimum Gasteiger partial charge on any atom is -0.148 e. The van der Waals surface area contributed by atoms with Crippen LogP contribution in [0.3, 0.4) is 0 Å². The number of allylic oxidation sites excluding steroid dienone is 2. The Morgan fingerprint density at radius 1 is 1.83 bits per heavy atom. The Bertz CT molecular complexity index is 55.0. The highest BCUT2D eigenvalue weighted by molar-refractivity contribution is 7.84. The summed E-state index contributed by atoms with van der Waals surface area (Å²) in [6, 6.07) is 0. The molecular weight excluding hydrogens is 92.1 g/mol.